The number of anilines is 1. The van der Waals surface area contributed by atoms with Crippen molar-refractivity contribution < 1.29 is 14.0 Å². The SMILES string of the molecule is N#CCc1ccc(N2C(=O)c3ccccc3C2=O)c(F)c1. The minimum atomic E-state index is -0.697. The summed E-state index contributed by atoms with van der Waals surface area (Å²) in [5, 5.41) is 8.60. The van der Waals surface area contributed by atoms with Gasteiger partial charge in [0.25, 0.3) is 11.8 Å². The van der Waals surface area contributed by atoms with E-state index in [2.05, 4.69) is 0 Å². The second-order valence-electron chi connectivity index (χ2n) is 4.61. The number of imide groups is 1. The molecule has 1 heterocycles. The van der Waals surface area contributed by atoms with E-state index in [-0.39, 0.29) is 23.2 Å². The average Bonchev–Trinajstić information content (AvgIpc) is 2.73. The number of benzene rings is 2. The van der Waals surface area contributed by atoms with Gasteiger partial charge in [0, 0.05) is 0 Å². The zero-order valence-electron chi connectivity index (χ0n) is 10.8. The number of fused-ring (bicyclic) bond motifs is 1. The van der Waals surface area contributed by atoms with E-state index in [1.54, 1.807) is 12.1 Å². The zero-order chi connectivity index (χ0) is 15.0. The number of hydrogen-bond acceptors (Lipinski definition) is 3. The summed E-state index contributed by atoms with van der Waals surface area (Å²) in [5.41, 5.74) is 0.934. The van der Waals surface area contributed by atoms with E-state index in [4.69, 9.17) is 5.26 Å². The van der Waals surface area contributed by atoms with Crippen molar-refractivity contribution in [3.63, 3.8) is 0 Å². The van der Waals surface area contributed by atoms with Gasteiger partial charge in [-0.15, -0.1) is 0 Å². The Hall–Kier alpha value is -3.00. The number of rotatable bonds is 2. The quantitative estimate of drug-likeness (QED) is 0.794. The van der Waals surface area contributed by atoms with Gasteiger partial charge in [0.1, 0.15) is 5.82 Å². The fourth-order valence-electron chi connectivity index (χ4n) is 2.34. The molecule has 0 bridgehead atoms. The van der Waals surface area contributed by atoms with Gasteiger partial charge in [-0.1, -0.05) is 18.2 Å². The molecule has 0 spiro atoms. The highest BCUT2D eigenvalue weighted by Crippen LogP contribution is 2.30. The summed E-state index contributed by atoms with van der Waals surface area (Å²) in [6, 6.07) is 12.4. The molecule has 0 atom stereocenters. The molecular formula is C16H9FN2O2. The Labute approximate surface area is 120 Å². The summed E-state index contributed by atoms with van der Waals surface area (Å²) in [6.45, 7) is 0. The molecule has 3 rings (SSSR count). The summed E-state index contributed by atoms with van der Waals surface area (Å²) >= 11 is 0. The van der Waals surface area contributed by atoms with E-state index in [0.717, 1.165) is 4.90 Å². The van der Waals surface area contributed by atoms with Gasteiger partial charge in [0.05, 0.1) is 29.3 Å². The maximum atomic E-state index is 14.1. The standard InChI is InChI=1S/C16H9FN2O2/c17-13-9-10(7-8-18)5-6-14(13)19-15(20)11-3-1-2-4-12(11)16(19)21/h1-6,9H,7H2. The smallest absolute Gasteiger partial charge is 0.266 e. The Bertz CT molecular complexity index is 773. The lowest BCUT2D eigenvalue weighted by Gasteiger charge is -2.15. The normalized spacial score (nSPS) is 13.2. The molecule has 21 heavy (non-hydrogen) atoms. The molecule has 0 aromatic heterocycles. The van der Waals surface area contributed by atoms with Crippen molar-refractivity contribution in [2.24, 2.45) is 0 Å². The summed E-state index contributed by atoms with van der Waals surface area (Å²) in [4.78, 5) is 25.3. The molecule has 4 nitrogen and oxygen atoms in total. The highest BCUT2D eigenvalue weighted by molar-refractivity contribution is 6.34. The van der Waals surface area contributed by atoms with Crippen LogP contribution in [0.1, 0.15) is 26.3 Å². The van der Waals surface area contributed by atoms with Crippen molar-refractivity contribution in [1.29, 1.82) is 5.26 Å². The van der Waals surface area contributed by atoms with Crippen LogP contribution in [-0.4, -0.2) is 11.8 Å². The lowest BCUT2D eigenvalue weighted by molar-refractivity contribution is 0.0925. The van der Waals surface area contributed by atoms with Gasteiger partial charge in [0.2, 0.25) is 0 Å². The Morgan fingerprint density at radius 2 is 1.67 bits per heavy atom. The average molecular weight is 280 g/mol. The van der Waals surface area contributed by atoms with E-state index in [9.17, 15) is 14.0 Å². The molecule has 5 heteroatoms. The molecule has 0 fully saturated rings. The first-order valence-corrected chi connectivity index (χ1v) is 6.26. The van der Waals surface area contributed by atoms with Crippen molar-refractivity contribution in [3.05, 3.63) is 65.0 Å². The maximum Gasteiger partial charge on any atom is 0.266 e. The van der Waals surface area contributed by atoms with Crippen molar-refractivity contribution >= 4 is 17.5 Å². The molecule has 0 unspecified atom stereocenters. The predicted octanol–water partition coefficient (Wildman–Crippen LogP) is 2.69. The van der Waals surface area contributed by atoms with E-state index in [0.29, 0.717) is 5.56 Å². The minimum absolute atomic E-state index is 0.0688. The molecule has 0 saturated heterocycles. The number of amides is 2. The van der Waals surface area contributed by atoms with Crippen molar-refractivity contribution in [2.45, 2.75) is 6.42 Å². The Morgan fingerprint density at radius 3 is 2.19 bits per heavy atom. The highest BCUT2D eigenvalue weighted by Gasteiger charge is 2.37. The minimum Gasteiger partial charge on any atom is -0.268 e. The fourth-order valence-corrected chi connectivity index (χ4v) is 2.34. The van der Waals surface area contributed by atoms with E-state index < -0.39 is 17.6 Å². The van der Waals surface area contributed by atoms with Crippen LogP contribution >= 0.6 is 0 Å². The van der Waals surface area contributed by atoms with Crippen LogP contribution in [0.25, 0.3) is 0 Å². The number of hydrogen-bond donors (Lipinski definition) is 0. The highest BCUT2D eigenvalue weighted by atomic mass is 19.1. The van der Waals surface area contributed by atoms with Crippen LogP contribution in [0.4, 0.5) is 10.1 Å². The largest absolute Gasteiger partial charge is 0.268 e. The summed E-state index contributed by atoms with van der Waals surface area (Å²) in [6.07, 6.45) is 0.0688. The summed E-state index contributed by atoms with van der Waals surface area (Å²) in [7, 11) is 0. The van der Waals surface area contributed by atoms with Crippen LogP contribution in [0, 0.1) is 17.1 Å². The molecule has 102 valence electrons. The second-order valence-corrected chi connectivity index (χ2v) is 4.61. The molecule has 1 aliphatic heterocycles. The molecular weight excluding hydrogens is 271 g/mol. The lowest BCUT2D eigenvalue weighted by atomic mass is 10.1. The predicted molar refractivity (Wildman–Crippen MR) is 73.3 cm³/mol. The van der Waals surface area contributed by atoms with Gasteiger partial charge in [-0.05, 0) is 29.8 Å². The van der Waals surface area contributed by atoms with Crippen LogP contribution in [0.15, 0.2) is 42.5 Å². The molecule has 2 aromatic rings. The van der Waals surface area contributed by atoms with Gasteiger partial charge in [-0.2, -0.15) is 5.26 Å². The molecule has 2 amide bonds. The number of nitriles is 1. The Kier molecular flexibility index (Phi) is 2.99. The van der Waals surface area contributed by atoms with Crippen LogP contribution in [0.2, 0.25) is 0 Å². The third-order valence-electron chi connectivity index (χ3n) is 3.33. The zero-order valence-corrected chi connectivity index (χ0v) is 10.8. The lowest BCUT2D eigenvalue weighted by Crippen LogP contribution is -2.30. The fraction of sp³-hybridized carbons (Fsp3) is 0.0625. The van der Waals surface area contributed by atoms with Crippen LogP contribution < -0.4 is 4.90 Å². The summed E-state index contributed by atoms with van der Waals surface area (Å²) in [5.74, 6) is -1.78. The first-order chi connectivity index (χ1) is 10.1. The molecule has 1 aliphatic rings. The second kappa shape index (κ2) is 4.84. The van der Waals surface area contributed by atoms with Crippen molar-refractivity contribution in [3.8, 4) is 6.07 Å². The summed E-state index contributed by atoms with van der Waals surface area (Å²) < 4.78 is 14.1. The van der Waals surface area contributed by atoms with Crippen molar-refractivity contribution in [1.82, 2.24) is 0 Å². The number of carbonyl (C=O) groups excluding carboxylic acids is 2. The Morgan fingerprint density at radius 1 is 1.05 bits per heavy atom. The van der Waals surface area contributed by atoms with E-state index >= 15 is 0 Å². The molecule has 0 N–H and O–H groups in total. The van der Waals surface area contributed by atoms with Crippen LogP contribution in [0.3, 0.4) is 0 Å². The number of halogens is 1. The third kappa shape index (κ3) is 1.98. The maximum absolute atomic E-state index is 14.1. The van der Waals surface area contributed by atoms with E-state index in [1.165, 1.54) is 30.3 Å². The first-order valence-electron chi connectivity index (χ1n) is 6.26. The van der Waals surface area contributed by atoms with Crippen LogP contribution in [-0.2, 0) is 6.42 Å². The van der Waals surface area contributed by atoms with Crippen LogP contribution in [0.5, 0.6) is 0 Å². The molecule has 0 radical (unpaired) electrons. The van der Waals surface area contributed by atoms with Gasteiger partial charge >= 0.3 is 0 Å². The third-order valence-corrected chi connectivity index (χ3v) is 3.33. The number of nitrogens with zero attached hydrogens (tertiary/aromatic N) is 2. The van der Waals surface area contributed by atoms with Gasteiger partial charge < -0.3 is 0 Å². The molecule has 2 aromatic carbocycles. The molecule has 0 saturated carbocycles. The van der Waals surface area contributed by atoms with Crippen molar-refractivity contribution in [2.75, 3.05) is 4.90 Å². The molecule has 0 aliphatic carbocycles. The topological polar surface area (TPSA) is 61.2 Å². The van der Waals surface area contributed by atoms with E-state index in [1.807, 2.05) is 6.07 Å². The van der Waals surface area contributed by atoms with Gasteiger partial charge in [0.15, 0.2) is 0 Å². The first kappa shape index (κ1) is 13.0. The van der Waals surface area contributed by atoms with Gasteiger partial charge in [-0.3, -0.25) is 9.59 Å². The monoisotopic (exact) mass is 280 g/mol. The Balaban J connectivity index is 2.05. The number of carbonyl (C=O) groups is 2. The van der Waals surface area contributed by atoms with Gasteiger partial charge in [-0.25, -0.2) is 9.29 Å².